The highest BCUT2D eigenvalue weighted by Gasteiger charge is 2.31. The lowest BCUT2D eigenvalue weighted by Crippen LogP contribution is -2.30. The van der Waals surface area contributed by atoms with Gasteiger partial charge < -0.3 is 10.1 Å². The minimum absolute atomic E-state index is 0.455. The average Bonchev–Trinajstić information content (AvgIpc) is 3.18. The summed E-state index contributed by atoms with van der Waals surface area (Å²) in [4.78, 5) is 2.46. The van der Waals surface area contributed by atoms with Gasteiger partial charge in [0.25, 0.3) is 0 Å². The Kier molecular flexibility index (Phi) is 3.73. The average molecular weight is 312 g/mol. The normalized spacial score (nSPS) is 21.0. The molecule has 1 unspecified atom stereocenters. The summed E-state index contributed by atoms with van der Waals surface area (Å²) in [7, 11) is 3.92. The van der Waals surface area contributed by atoms with Crippen LogP contribution in [-0.4, -0.2) is 41.9 Å². The van der Waals surface area contributed by atoms with Crippen LogP contribution in [0.2, 0.25) is 0 Å². The topological polar surface area (TPSA) is 42.3 Å². The molecule has 1 atom stereocenters. The monoisotopic (exact) mass is 312 g/mol. The molecule has 0 aliphatic carbocycles. The molecule has 0 amide bonds. The largest absolute Gasteiger partial charge is 0.497 e. The second-order valence-electron chi connectivity index (χ2n) is 6.49. The fraction of sp³-hybridized carbons (Fsp3) is 0.500. The van der Waals surface area contributed by atoms with Crippen molar-refractivity contribution in [3.63, 3.8) is 0 Å². The smallest absolute Gasteiger partial charge is 0.133 e. The highest BCUT2D eigenvalue weighted by atomic mass is 16.5. The number of nitrogens with zero attached hydrogens (tertiary/aromatic N) is 3. The van der Waals surface area contributed by atoms with Crippen molar-refractivity contribution < 1.29 is 4.74 Å². The zero-order valence-electron chi connectivity index (χ0n) is 13.9. The molecule has 0 saturated carbocycles. The second kappa shape index (κ2) is 5.89. The molecule has 3 heterocycles. The van der Waals surface area contributed by atoms with Crippen LogP contribution >= 0.6 is 0 Å². The van der Waals surface area contributed by atoms with Crippen LogP contribution in [-0.2, 0) is 6.42 Å². The first kappa shape index (κ1) is 14.6. The Morgan fingerprint density at radius 3 is 2.78 bits per heavy atom. The first-order valence-electron chi connectivity index (χ1n) is 8.48. The number of aromatic nitrogens is 2. The molecule has 1 aromatic carbocycles. The van der Waals surface area contributed by atoms with Gasteiger partial charge in [-0.25, -0.2) is 4.68 Å². The Morgan fingerprint density at radius 1 is 1.22 bits per heavy atom. The molecule has 1 aromatic heterocycles. The fourth-order valence-corrected chi connectivity index (χ4v) is 3.80. The molecule has 1 saturated heterocycles. The van der Waals surface area contributed by atoms with Gasteiger partial charge in [0.2, 0.25) is 0 Å². The number of anilines is 1. The van der Waals surface area contributed by atoms with E-state index in [9.17, 15) is 0 Å². The third-order valence-corrected chi connectivity index (χ3v) is 5.09. The molecule has 5 nitrogen and oxygen atoms in total. The van der Waals surface area contributed by atoms with E-state index in [4.69, 9.17) is 9.84 Å². The van der Waals surface area contributed by atoms with Crippen molar-refractivity contribution in [1.29, 1.82) is 0 Å². The van der Waals surface area contributed by atoms with Crippen LogP contribution in [0, 0.1) is 0 Å². The minimum atomic E-state index is 0.455. The summed E-state index contributed by atoms with van der Waals surface area (Å²) in [5, 5.41) is 8.52. The highest BCUT2D eigenvalue weighted by molar-refractivity contribution is 5.58. The highest BCUT2D eigenvalue weighted by Crippen LogP contribution is 2.37. The number of benzene rings is 1. The van der Waals surface area contributed by atoms with Crippen LogP contribution in [0.5, 0.6) is 5.75 Å². The Labute approximate surface area is 137 Å². The van der Waals surface area contributed by atoms with Gasteiger partial charge in [-0.3, -0.25) is 4.90 Å². The molecule has 0 bridgehead atoms. The Balaban J connectivity index is 1.74. The maximum Gasteiger partial charge on any atom is 0.133 e. The summed E-state index contributed by atoms with van der Waals surface area (Å²) in [6.07, 6.45) is 4.88. The maximum absolute atomic E-state index is 5.26. The summed E-state index contributed by atoms with van der Waals surface area (Å²) >= 11 is 0. The van der Waals surface area contributed by atoms with Crippen molar-refractivity contribution in [2.75, 3.05) is 32.6 Å². The van der Waals surface area contributed by atoms with E-state index in [-0.39, 0.29) is 0 Å². The predicted molar refractivity (Wildman–Crippen MR) is 91.5 cm³/mol. The van der Waals surface area contributed by atoms with Crippen LogP contribution in [0.15, 0.2) is 24.3 Å². The predicted octanol–water partition coefficient (Wildman–Crippen LogP) is 3.01. The van der Waals surface area contributed by atoms with E-state index in [1.807, 2.05) is 12.1 Å². The lowest BCUT2D eigenvalue weighted by molar-refractivity contribution is 0.182. The number of nitrogens with one attached hydrogen (secondary N) is 1. The lowest BCUT2D eigenvalue weighted by atomic mass is 9.97. The van der Waals surface area contributed by atoms with E-state index in [0.717, 1.165) is 24.4 Å². The van der Waals surface area contributed by atoms with Gasteiger partial charge in [0, 0.05) is 12.1 Å². The van der Waals surface area contributed by atoms with Gasteiger partial charge in [-0.05, 0) is 57.1 Å². The first-order chi connectivity index (χ1) is 11.3. The number of piperidine rings is 1. The Morgan fingerprint density at radius 2 is 2.04 bits per heavy atom. The zero-order valence-corrected chi connectivity index (χ0v) is 13.9. The van der Waals surface area contributed by atoms with Crippen LogP contribution in [0.1, 0.15) is 36.6 Å². The maximum atomic E-state index is 5.26. The standard InChI is InChI=1S/C18H24N4O/c1-21-12-4-3-5-16(21)17-15-10-11-19-18(15)22(20-17)13-6-8-14(23-2)9-7-13/h6-9,16,19H,3-5,10-12H2,1-2H3. The molecular weight excluding hydrogens is 288 g/mol. The minimum Gasteiger partial charge on any atom is -0.497 e. The van der Waals surface area contributed by atoms with Gasteiger partial charge in [-0.15, -0.1) is 0 Å². The number of rotatable bonds is 3. The van der Waals surface area contributed by atoms with E-state index < -0.39 is 0 Å². The first-order valence-corrected chi connectivity index (χ1v) is 8.48. The Bertz CT molecular complexity index is 692. The van der Waals surface area contributed by atoms with Crippen molar-refractivity contribution in [3.05, 3.63) is 35.5 Å². The van der Waals surface area contributed by atoms with Gasteiger partial charge in [0.1, 0.15) is 11.6 Å². The Hall–Kier alpha value is -2.01. The van der Waals surface area contributed by atoms with Gasteiger partial charge in [0.15, 0.2) is 0 Å². The van der Waals surface area contributed by atoms with Crippen LogP contribution < -0.4 is 10.1 Å². The third kappa shape index (κ3) is 2.49. The van der Waals surface area contributed by atoms with Crippen LogP contribution in [0.4, 0.5) is 5.82 Å². The lowest BCUT2D eigenvalue weighted by Gasteiger charge is -2.31. The van der Waals surface area contributed by atoms with Crippen molar-refractivity contribution in [3.8, 4) is 11.4 Å². The van der Waals surface area contributed by atoms with Crippen LogP contribution in [0.25, 0.3) is 5.69 Å². The molecule has 5 heteroatoms. The quantitative estimate of drug-likeness (QED) is 0.946. The van der Waals surface area contributed by atoms with Crippen LogP contribution in [0.3, 0.4) is 0 Å². The van der Waals surface area contributed by atoms with Crippen molar-refractivity contribution in [1.82, 2.24) is 14.7 Å². The molecule has 2 aliphatic heterocycles. The SMILES string of the molecule is COc1ccc(-n2nc(C3CCCCN3C)c3c2NCC3)cc1. The van der Waals surface area contributed by atoms with Crippen molar-refractivity contribution in [2.45, 2.75) is 31.7 Å². The van der Waals surface area contributed by atoms with Gasteiger partial charge in [0.05, 0.1) is 24.5 Å². The number of methoxy groups -OCH3 is 1. The molecule has 2 aliphatic rings. The molecule has 2 aromatic rings. The summed E-state index contributed by atoms with van der Waals surface area (Å²) < 4.78 is 7.33. The number of ether oxygens (including phenoxy) is 1. The molecule has 1 N–H and O–H groups in total. The van der Waals surface area contributed by atoms with Crippen molar-refractivity contribution in [2.24, 2.45) is 0 Å². The summed E-state index contributed by atoms with van der Waals surface area (Å²) in [6, 6.07) is 8.58. The van der Waals surface area contributed by atoms with Gasteiger partial charge in [-0.1, -0.05) is 6.42 Å². The van der Waals surface area contributed by atoms with E-state index in [1.54, 1.807) is 7.11 Å². The second-order valence-corrected chi connectivity index (χ2v) is 6.49. The fourth-order valence-electron chi connectivity index (χ4n) is 3.80. The van der Waals surface area contributed by atoms with E-state index in [0.29, 0.717) is 6.04 Å². The summed E-state index contributed by atoms with van der Waals surface area (Å²) in [5.74, 6) is 2.04. The number of fused-ring (bicyclic) bond motifs is 1. The third-order valence-electron chi connectivity index (χ3n) is 5.09. The molecule has 0 radical (unpaired) electrons. The molecule has 1 fully saturated rings. The van der Waals surface area contributed by atoms with Gasteiger partial charge in [-0.2, -0.15) is 5.10 Å². The number of likely N-dealkylation sites (tertiary alicyclic amines) is 1. The molecule has 4 rings (SSSR count). The number of hydrogen-bond acceptors (Lipinski definition) is 4. The zero-order chi connectivity index (χ0) is 15.8. The van der Waals surface area contributed by atoms with Crippen molar-refractivity contribution >= 4 is 5.82 Å². The van der Waals surface area contributed by atoms with Gasteiger partial charge >= 0.3 is 0 Å². The van der Waals surface area contributed by atoms with E-state index >= 15 is 0 Å². The summed E-state index contributed by atoms with van der Waals surface area (Å²) in [6.45, 7) is 2.18. The summed E-state index contributed by atoms with van der Waals surface area (Å²) in [5.41, 5.74) is 3.75. The molecule has 23 heavy (non-hydrogen) atoms. The van der Waals surface area contributed by atoms with E-state index in [2.05, 4.69) is 34.1 Å². The van der Waals surface area contributed by atoms with E-state index in [1.165, 1.54) is 42.9 Å². The molecule has 0 spiro atoms. The number of hydrogen-bond donors (Lipinski definition) is 1. The molecule has 122 valence electrons. The molecular formula is C18H24N4O.